The van der Waals surface area contributed by atoms with Crippen LogP contribution in [-0.2, 0) is 4.74 Å². The monoisotopic (exact) mass is 245 g/mol. The summed E-state index contributed by atoms with van der Waals surface area (Å²) in [6, 6.07) is 9.97. The first-order valence-electron chi connectivity index (χ1n) is 6.25. The molecule has 3 nitrogen and oxygen atoms in total. The number of aryl methyl sites for hydroxylation is 1. The summed E-state index contributed by atoms with van der Waals surface area (Å²) >= 11 is 0. The molecule has 0 saturated heterocycles. The first-order valence-corrected chi connectivity index (χ1v) is 6.25. The summed E-state index contributed by atoms with van der Waals surface area (Å²) in [6.45, 7) is 2.67. The standard InChI is InChI=1S/C15H19NO2/c1-11-5-6-12-10-13(7-8-14(12)16-11)15(17)4-3-9-18-2/h5-8,10,15,17H,3-4,9H2,1-2H3. The maximum Gasteiger partial charge on any atom is 0.0791 e. The van der Waals surface area contributed by atoms with Gasteiger partial charge in [0.2, 0.25) is 0 Å². The van der Waals surface area contributed by atoms with Gasteiger partial charge in [-0.1, -0.05) is 12.1 Å². The molecule has 0 saturated carbocycles. The number of hydrogen-bond donors (Lipinski definition) is 1. The summed E-state index contributed by atoms with van der Waals surface area (Å²) in [5.41, 5.74) is 2.93. The van der Waals surface area contributed by atoms with Gasteiger partial charge in [-0.3, -0.25) is 4.98 Å². The number of aliphatic hydroxyl groups excluding tert-OH is 1. The minimum Gasteiger partial charge on any atom is -0.388 e. The maximum absolute atomic E-state index is 10.1. The van der Waals surface area contributed by atoms with E-state index in [0.717, 1.165) is 35.0 Å². The Hall–Kier alpha value is -1.45. The molecule has 18 heavy (non-hydrogen) atoms. The number of pyridine rings is 1. The highest BCUT2D eigenvalue weighted by molar-refractivity contribution is 5.79. The van der Waals surface area contributed by atoms with Crippen molar-refractivity contribution >= 4 is 10.9 Å². The molecule has 1 atom stereocenters. The molecule has 1 heterocycles. The lowest BCUT2D eigenvalue weighted by atomic mass is 10.0. The fourth-order valence-corrected chi connectivity index (χ4v) is 2.04. The van der Waals surface area contributed by atoms with E-state index in [-0.39, 0.29) is 0 Å². The van der Waals surface area contributed by atoms with Gasteiger partial charge >= 0.3 is 0 Å². The quantitative estimate of drug-likeness (QED) is 0.823. The average molecular weight is 245 g/mol. The SMILES string of the molecule is COCCCC(O)c1ccc2nc(C)ccc2c1. The zero-order valence-corrected chi connectivity index (χ0v) is 10.9. The fraction of sp³-hybridized carbons (Fsp3) is 0.400. The van der Waals surface area contributed by atoms with Crippen LogP contribution in [0.2, 0.25) is 0 Å². The lowest BCUT2D eigenvalue weighted by Gasteiger charge is -2.11. The Morgan fingerprint density at radius 3 is 2.89 bits per heavy atom. The van der Waals surface area contributed by atoms with Crippen molar-refractivity contribution in [3.8, 4) is 0 Å². The van der Waals surface area contributed by atoms with Crippen molar-refractivity contribution in [1.29, 1.82) is 0 Å². The minimum absolute atomic E-state index is 0.425. The zero-order chi connectivity index (χ0) is 13.0. The molecular weight excluding hydrogens is 226 g/mol. The summed E-state index contributed by atoms with van der Waals surface area (Å²) in [6.07, 6.45) is 1.16. The van der Waals surface area contributed by atoms with Crippen LogP contribution < -0.4 is 0 Å². The number of rotatable bonds is 5. The lowest BCUT2D eigenvalue weighted by Crippen LogP contribution is -2.00. The molecule has 2 rings (SSSR count). The summed E-state index contributed by atoms with van der Waals surface area (Å²) in [5.74, 6) is 0. The molecule has 0 spiro atoms. The molecule has 1 unspecified atom stereocenters. The molecule has 0 aliphatic rings. The van der Waals surface area contributed by atoms with Gasteiger partial charge in [0.15, 0.2) is 0 Å². The third-order valence-corrected chi connectivity index (χ3v) is 3.06. The fourth-order valence-electron chi connectivity index (χ4n) is 2.04. The smallest absolute Gasteiger partial charge is 0.0791 e. The van der Waals surface area contributed by atoms with Gasteiger partial charge in [0.1, 0.15) is 0 Å². The number of fused-ring (bicyclic) bond motifs is 1. The van der Waals surface area contributed by atoms with Crippen LogP contribution in [0.3, 0.4) is 0 Å². The van der Waals surface area contributed by atoms with E-state index < -0.39 is 6.10 Å². The first kappa shape index (κ1) is 13.0. The summed E-state index contributed by atoms with van der Waals surface area (Å²) in [7, 11) is 1.68. The van der Waals surface area contributed by atoms with E-state index in [9.17, 15) is 5.11 Å². The first-order chi connectivity index (χ1) is 8.70. The molecule has 0 bridgehead atoms. The van der Waals surface area contributed by atoms with Crippen LogP contribution in [0.1, 0.15) is 30.2 Å². The number of aliphatic hydroxyl groups is 1. The van der Waals surface area contributed by atoms with Gasteiger partial charge in [-0.05, 0) is 43.5 Å². The van der Waals surface area contributed by atoms with E-state index in [0.29, 0.717) is 6.61 Å². The van der Waals surface area contributed by atoms with E-state index in [4.69, 9.17) is 4.74 Å². The highest BCUT2D eigenvalue weighted by Gasteiger charge is 2.08. The molecule has 3 heteroatoms. The van der Waals surface area contributed by atoms with Crippen LogP contribution in [0.4, 0.5) is 0 Å². The van der Waals surface area contributed by atoms with Crippen LogP contribution in [0.15, 0.2) is 30.3 Å². The summed E-state index contributed by atoms with van der Waals surface area (Å²) < 4.78 is 4.99. The van der Waals surface area contributed by atoms with E-state index in [1.54, 1.807) is 7.11 Å². The third kappa shape index (κ3) is 3.06. The maximum atomic E-state index is 10.1. The lowest BCUT2D eigenvalue weighted by molar-refractivity contribution is 0.136. The van der Waals surface area contributed by atoms with Crippen LogP contribution >= 0.6 is 0 Å². The van der Waals surface area contributed by atoms with Crippen LogP contribution in [0, 0.1) is 6.92 Å². The van der Waals surface area contributed by atoms with Crippen molar-refractivity contribution in [2.45, 2.75) is 25.9 Å². The predicted octanol–water partition coefficient (Wildman–Crippen LogP) is 3.00. The Labute approximate surface area is 107 Å². The molecule has 1 N–H and O–H groups in total. The second-order valence-electron chi connectivity index (χ2n) is 4.56. The van der Waals surface area contributed by atoms with Crippen molar-refractivity contribution < 1.29 is 9.84 Å². The van der Waals surface area contributed by atoms with Gasteiger partial charge in [0, 0.05) is 24.8 Å². The Morgan fingerprint density at radius 1 is 1.28 bits per heavy atom. The molecule has 0 aliphatic carbocycles. The third-order valence-electron chi connectivity index (χ3n) is 3.06. The number of methoxy groups -OCH3 is 1. The Morgan fingerprint density at radius 2 is 2.11 bits per heavy atom. The Balaban J connectivity index is 2.16. The number of ether oxygens (including phenoxy) is 1. The normalized spacial score (nSPS) is 12.8. The Bertz CT molecular complexity index is 525. The van der Waals surface area contributed by atoms with Gasteiger partial charge in [0.25, 0.3) is 0 Å². The number of hydrogen-bond acceptors (Lipinski definition) is 3. The van der Waals surface area contributed by atoms with Crippen molar-refractivity contribution in [2.75, 3.05) is 13.7 Å². The van der Waals surface area contributed by atoms with Crippen molar-refractivity contribution in [3.05, 3.63) is 41.6 Å². The molecule has 1 aromatic carbocycles. The van der Waals surface area contributed by atoms with Gasteiger partial charge in [-0.15, -0.1) is 0 Å². The number of nitrogens with zero attached hydrogens (tertiary/aromatic N) is 1. The van der Waals surface area contributed by atoms with Crippen LogP contribution in [0.5, 0.6) is 0 Å². The molecule has 0 aliphatic heterocycles. The van der Waals surface area contributed by atoms with E-state index in [1.807, 2.05) is 37.3 Å². The van der Waals surface area contributed by atoms with Crippen molar-refractivity contribution in [2.24, 2.45) is 0 Å². The number of benzene rings is 1. The topological polar surface area (TPSA) is 42.4 Å². The zero-order valence-electron chi connectivity index (χ0n) is 10.9. The largest absolute Gasteiger partial charge is 0.388 e. The Kier molecular flexibility index (Phi) is 4.28. The molecule has 2 aromatic rings. The van der Waals surface area contributed by atoms with Crippen molar-refractivity contribution in [3.63, 3.8) is 0 Å². The van der Waals surface area contributed by atoms with E-state index in [2.05, 4.69) is 4.98 Å². The molecule has 0 radical (unpaired) electrons. The summed E-state index contributed by atoms with van der Waals surface area (Å²) in [4.78, 5) is 4.45. The second kappa shape index (κ2) is 5.94. The highest BCUT2D eigenvalue weighted by atomic mass is 16.5. The minimum atomic E-state index is -0.425. The van der Waals surface area contributed by atoms with Gasteiger partial charge in [-0.25, -0.2) is 0 Å². The summed E-state index contributed by atoms with van der Waals surface area (Å²) in [5, 5.41) is 11.2. The predicted molar refractivity (Wildman–Crippen MR) is 72.5 cm³/mol. The second-order valence-corrected chi connectivity index (χ2v) is 4.56. The molecule has 0 amide bonds. The van der Waals surface area contributed by atoms with Gasteiger partial charge in [0.05, 0.1) is 11.6 Å². The van der Waals surface area contributed by atoms with Crippen LogP contribution in [0.25, 0.3) is 10.9 Å². The molecule has 1 aromatic heterocycles. The van der Waals surface area contributed by atoms with Crippen molar-refractivity contribution in [1.82, 2.24) is 4.98 Å². The highest BCUT2D eigenvalue weighted by Crippen LogP contribution is 2.22. The van der Waals surface area contributed by atoms with Crippen LogP contribution in [-0.4, -0.2) is 23.8 Å². The van der Waals surface area contributed by atoms with E-state index in [1.165, 1.54) is 0 Å². The molecule has 0 fully saturated rings. The van der Waals surface area contributed by atoms with Gasteiger partial charge < -0.3 is 9.84 Å². The van der Waals surface area contributed by atoms with Gasteiger partial charge in [-0.2, -0.15) is 0 Å². The average Bonchev–Trinajstić information content (AvgIpc) is 2.38. The van der Waals surface area contributed by atoms with E-state index >= 15 is 0 Å². The molecule has 96 valence electrons. The number of aromatic nitrogens is 1. The molecular formula is C15H19NO2.